The van der Waals surface area contributed by atoms with E-state index in [4.69, 9.17) is 9.97 Å². The van der Waals surface area contributed by atoms with Gasteiger partial charge in [0.2, 0.25) is 0 Å². The highest BCUT2D eigenvalue weighted by Crippen LogP contribution is 2.42. The third kappa shape index (κ3) is 6.34. The SMILES string of the molecule is c1ccc(-c2cc(-c3cccc(-c4cccc(-c5cc6nc(-c7ccccc7)cc(-c7ccccc7)c6c6ccccc56)c4)c3)cc(-c3ccccc3)n2)cc1. The van der Waals surface area contributed by atoms with E-state index in [1.807, 2.05) is 12.1 Å². The molecule has 0 fully saturated rings. The van der Waals surface area contributed by atoms with E-state index in [1.54, 1.807) is 0 Å². The smallest absolute Gasteiger partial charge is 0.0728 e. The Bertz CT molecular complexity index is 2930. The molecule has 0 saturated heterocycles. The molecule has 0 radical (unpaired) electrons. The summed E-state index contributed by atoms with van der Waals surface area (Å²) in [5, 5.41) is 3.57. The van der Waals surface area contributed by atoms with Gasteiger partial charge in [-0.15, -0.1) is 0 Å². The average molecular weight is 713 g/mol. The minimum atomic E-state index is 0.956. The fourth-order valence-electron chi connectivity index (χ4n) is 7.90. The summed E-state index contributed by atoms with van der Waals surface area (Å²) < 4.78 is 0. The van der Waals surface area contributed by atoms with Crippen molar-refractivity contribution in [3.63, 3.8) is 0 Å². The van der Waals surface area contributed by atoms with Crippen molar-refractivity contribution in [2.45, 2.75) is 0 Å². The van der Waals surface area contributed by atoms with Crippen LogP contribution in [0.5, 0.6) is 0 Å². The summed E-state index contributed by atoms with van der Waals surface area (Å²) in [7, 11) is 0. The van der Waals surface area contributed by atoms with Gasteiger partial charge in [-0.25, -0.2) is 9.97 Å². The van der Waals surface area contributed by atoms with Crippen LogP contribution in [0.4, 0.5) is 0 Å². The highest BCUT2D eigenvalue weighted by molar-refractivity contribution is 6.18. The molecule has 0 bridgehead atoms. The molecule has 0 saturated carbocycles. The molecule has 0 aliphatic rings. The molecule has 0 amide bonds. The van der Waals surface area contributed by atoms with E-state index in [1.165, 1.54) is 27.3 Å². The van der Waals surface area contributed by atoms with Crippen molar-refractivity contribution in [2.24, 2.45) is 0 Å². The minimum Gasteiger partial charge on any atom is -0.248 e. The van der Waals surface area contributed by atoms with Gasteiger partial charge in [-0.05, 0) is 91.7 Å². The summed E-state index contributed by atoms with van der Waals surface area (Å²) in [6, 6.07) is 77.6. The fraction of sp³-hybridized carbons (Fsp3) is 0. The van der Waals surface area contributed by atoms with Gasteiger partial charge in [-0.1, -0.05) is 182 Å². The first-order chi connectivity index (χ1) is 27.7. The Morgan fingerprint density at radius 3 is 1.20 bits per heavy atom. The first-order valence-corrected chi connectivity index (χ1v) is 19.1. The Morgan fingerprint density at radius 2 is 0.643 bits per heavy atom. The Labute approximate surface area is 327 Å². The van der Waals surface area contributed by atoms with Crippen LogP contribution in [0, 0.1) is 0 Å². The van der Waals surface area contributed by atoms with Crippen molar-refractivity contribution < 1.29 is 0 Å². The van der Waals surface area contributed by atoms with Gasteiger partial charge in [0, 0.05) is 22.1 Å². The zero-order valence-electron chi connectivity index (χ0n) is 30.7. The largest absolute Gasteiger partial charge is 0.248 e. The maximum Gasteiger partial charge on any atom is 0.0728 e. The molecule has 0 spiro atoms. The molecule has 0 atom stereocenters. The lowest BCUT2D eigenvalue weighted by atomic mass is 9.89. The summed E-state index contributed by atoms with van der Waals surface area (Å²) in [4.78, 5) is 10.5. The van der Waals surface area contributed by atoms with Crippen LogP contribution in [0.3, 0.4) is 0 Å². The predicted octanol–water partition coefficient (Wildman–Crippen LogP) is 14.5. The third-order valence-corrected chi connectivity index (χ3v) is 10.6. The van der Waals surface area contributed by atoms with E-state index in [0.29, 0.717) is 0 Å². The quantitative estimate of drug-likeness (QED) is 0.154. The number of hydrogen-bond acceptors (Lipinski definition) is 2. The lowest BCUT2D eigenvalue weighted by Crippen LogP contribution is -1.93. The Morgan fingerprint density at radius 1 is 0.232 bits per heavy atom. The molecule has 2 nitrogen and oxygen atoms in total. The first-order valence-electron chi connectivity index (χ1n) is 19.1. The van der Waals surface area contributed by atoms with Gasteiger partial charge in [0.05, 0.1) is 22.6 Å². The summed E-state index contributed by atoms with van der Waals surface area (Å²) in [5.41, 5.74) is 16.4. The molecule has 10 aromatic rings. The van der Waals surface area contributed by atoms with Crippen LogP contribution in [0.15, 0.2) is 218 Å². The number of aromatic nitrogens is 2. The van der Waals surface area contributed by atoms with Crippen LogP contribution in [-0.2, 0) is 0 Å². The highest BCUT2D eigenvalue weighted by Gasteiger charge is 2.17. The van der Waals surface area contributed by atoms with Gasteiger partial charge in [0.1, 0.15) is 0 Å². The van der Waals surface area contributed by atoms with Crippen LogP contribution in [0.25, 0.3) is 100.0 Å². The molecular formula is C54H36N2. The van der Waals surface area contributed by atoms with Gasteiger partial charge < -0.3 is 0 Å². The second-order valence-electron chi connectivity index (χ2n) is 14.2. The van der Waals surface area contributed by atoms with Crippen molar-refractivity contribution >= 4 is 21.7 Å². The van der Waals surface area contributed by atoms with E-state index in [2.05, 4.69) is 206 Å². The first kappa shape index (κ1) is 33.2. The molecule has 8 aromatic carbocycles. The molecular weight excluding hydrogens is 677 g/mol. The van der Waals surface area contributed by atoms with Gasteiger partial charge in [0.25, 0.3) is 0 Å². The second-order valence-corrected chi connectivity index (χ2v) is 14.2. The van der Waals surface area contributed by atoms with E-state index < -0.39 is 0 Å². The number of nitrogens with zero attached hydrogens (tertiary/aromatic N) is 2. The number of pyridine rings is 2. The molecule has 2 heteroatoms. The maximum atomic E-state index is 5.35. The zero-order valence-corrected chi connectivity index (χ0v) is 30.7. The number of benzene rings is 8. The van der Waals surface area contributed by atoms with E-state index in [9.17, 15) is 0 Å². The molecule has 0 aliphatic heterocycles. The van der Waals surface area contributed by atoms with Crippen molar-refractivity contribution in [2.75, 3.05) is 0 Å². The normalized spacial score (nSPS) is 11.2. The molecule has 0 N–H and O–H groups in total. The molecule has 262 valence electrons. The summed E-state index contributed by atoms with van der Waals surface area (Å²) >= 11 is 0. The lowest BCUT2D eigenvalue weighted by molar-refractivity contribution is 1.32. The predicted molar refractivity (Wildman–Crippen MR) is 235 cm³/mol. The number of rotatable bonds is 7. The van der Waals surface area contributed by atoms with Gasteiger partial charge >= 0.3 is 0 Å². The Balaban J connectivity index is 1.11. The van der Waals surface area contributed by atoms with Crippen molar-refractivity contribution in [3.05, 3.63) is 218 Å². The van der Waals surface area contributed by atoms with Crippen molar-refractivity contribution in [1.82, 2.24) is 9.97 Å². The topological polar surface area (TPSA) is 25.8 Å². The van der Waals surface area contributed by atoms with Crippen molar-refractivity contribution in [3.8, 4) is 78.3 Å². The second kappa shape index (κ2) is 14.4. The van der Waals surface area contributed by atoms with Crippen LogP contribution in [-0.4, -0.2) is 9.97 Å². The molecule has 56 heavy (non-hydrogen) atoms. The van der Waals surface area contributed by atoms with Crippen LogP contribution < -0.4 is 0 Å². The van der Waals surface area contributed by atoms with Gasteiger partial charge in [0.15, 0.2) is 0 Å². The summed E-state index contributed by atoms with van der Waals surface area (Å²) in [6.07, 6.45) is 0. The molecule has 0 unspecified atom stereocenters. The van der Waals surface area contributed by atoms with Crippen LogP contribution in [0.2, 0.25) is 0 Å². The molecule has 0 aliphatic carbocycles. The Hall–Kier alpha value is -7.42. The lowest BCUT2D eigenvalue weighted by Gasteiger charge is -2.16. The summed E-state index contributed by atoms with van der Waals surface area (Å²) in [5.74, 6) is 0. The number of hydrogen-bond donors (Lipinski definition) is 0. The van der Waals surface area contributed by atoms with Crippen molar-refractivity contribution in [1.29, 1.82) is 0 Å². The molecule has 10 rings (SSSR count). The van der Waals surface area contributed by atoms with E-state index in [-0.39, 0.29) is 0 Å². The molecule has 2 heterocycles. The monoisotopic (exact) mass is 712 g/mol. The minimum absolute atomic E-state index is 0.956. The number of fused-ring (bicyclic) bond motifs is 3. The third-order valence-electron chi connectivity index (χ3n) is 10.6. The van der Waals surface area contributed by atoms with Gasteiger partial charge in [-0.2, -0.15) is 0 Å². The zero-order chi connectivity index (χ0) is 37.3. The van der Waals surface area contributed by atoms with Crippen LogP contribution in [0.1, 0.15) is 0 Å². The average Bonchev–Trinajstić information content (AvgIpc) is 3.29. The van der Waals surface area contributed by atoms with E-state index >= 15 is 0 Å². The molecule has 2 aromatic heterocycles. The van der Waals surface area contributed by atoms with Crippen LogP contribution >= 0.6 is 0 Å². The van der Waals surface area contributed by atoms with E-state index in [0.717, 1.165) is 72.7 Å². The summed E-state index contributed by atoms with van der Waals surface area (Å²) in [6.45, 7) is 0. The Kier molecular flexibility index (Phi) is 8.55. The fourth-order valence-corrected chi connectivity index (χ4v) is 7.90. The standard InChI is InChI=1S/C54H36N2/c1-5-17-37(18-6-1)49-36-52(40-23-11-4-12-24-40)56-53-35-48(46-29-13-14-30-47(46)54(49)53)44-28-16-26-42(32-44)41-25-15-27-43(31-41)45-33-50(38-19-7-2-8-20-38)55-51(34-45)39-21-9-3-10-22-39/h1-36H. The highest BCUT2D eigenvalue weighted by atomic mass is 14.7. The maximum absolute atomic E-state index is 5.35. The van der Waals surface area contributed by atoms with Gasteiger partial charge in [-0.3, -0.25) is 0 Å².